The van der Waals surface area contributed by atoms with Crippen molar-refractivity contribution in [2.45, 2.75) is 12.3 Å². The normalized spacial score (nSPS) is 20.2. The Kier molecular flexibility index (Phi) is 1.22. The standard InChI is InChI=1S/C9H8O2/c10-9(11)8-5-6-3-1-2-4-7(6)8/h1-4,8H,5H2,(H,10,11)/p-1. The first kappa shape index (κ1) is 6.40. The van der Waals surface area contributed by atoms with Gasteiger partial charge >= 0.3 is 0 Å². The van der Waals surface area contributed by atoms with E-state index in [9.17, 15) is 9.90 Å². The molecule has 1 aliphatic rings. The van der Waals surface area contributed by atoms with Gasteiger partial charge in [-0.15, -0.1) is 0 Å². The lowest BCUT2D eigenvalue weighted by atomic mass is 9.78. The molecule has 0 amide bonds. The zero-order chi connectivity index (χ0) is 7.84. The molecule has 2 nitrogen and oxygen atoms in total. The molecular formula is C9H7O2-. The van der Waals surface area contributed by atoms with Gasteiger partial charge in [-0.1, -0.05) is 24.3 Å². The van der Waals surface area contributed by atoms with Gasteiger partial charge in [-0.25, -0.2) is 0 Å². The molecule has 0 fully saturated rings. The van der Waals surface area contributed by atoms with E-state index in [1.807, 2.05) is 24.3 Å². The Morgan fingerprint density at radius 2 is 2.18 bits per heavy atom. The lowest BCUT2D eigenvalue weighted by molar-refractivity contribution is -0.308. The number of carboxylic acids is 1. The van der Waals surface area contributed by atoms with Gasteiger partial charge in [-0.05, 0) is 17.5 Å². The highest BCUT2D eigenvalue weighted by molar-refractivity contribution is 5.78. The van der Waals surface area contributed by atoms with Crippen LogP contribution in [0.5, 0.6) is 0 Å². The summed E-state index contributed by atoms with van der Waals surface area (Å²) in [5.74, 6) is -1.31. The van der Waals surface area contributed by atoms with Gasteiger partial charge in [0.05, 0.1) is 0 Å². The molecule has 0 radical (unpaired) electrons. The van der Waals surface area contributed by atoms with Crippen LogP contribution in [0.1, 0.15) is 17.0 Å². The first-order valence-corrected chi connectivity index (χ1v) is 3.57. The molecule has 1 unspecified atom stereocenters. The van der Waals surface area contributed by atoms with Crippen molar-refractivity contribution in [2.24, 2.45) is 0 Å². The van der Waals surface area contributed by atoms with Gasteiger partial charge in [0, 0.05) is 11.9 Å². The molecule has 0 N–H and O–H groups in total. The number of fused-ring (bicyclic) bond motifs is 1. The highest BCUT2D eigenvalue weighted by atomic mass is 16.4. The smallest absolute Gasteiger partial charge is 0.0492 e. The fourth-order valence-corrected chi connectivity index (χ4v) is 1.47. The van der Waals surface area contributed by atoms with E-state index in [4.69, 9.17) is 0 Å². The Morgan fingerprint density at radius 3 is 2.82 bits per heavy atom. The molecule has 0 aliphatic heterocycles. The maximum absolute atomic E-state index is 10.4. The molecule has 1 atom stereocenters. The van der Waals surface area contributed by atoms with Gasteiger partial charge in [-0.2, -0.15) is 0 Å². The summed E-state index contributed by atoms with van der Waals surface area (Å²) in [5.41, 5.74) is 2.06. The lowest BCUT2D eigenvalue weighted by Gasteiger charge is -2.30. The molecule has 2 heteroatoms. The second kappa shape index (κ2) is 2.09. The first-order valence-electron chi connectivity index (χ1n) is 3.57. The van der Waals surface area contributed by atoms with Crippen molar-refractivity contribution >= 4 is 5.97 Å². The van der Waals surface area contributed by atoms with Crippen LogP contribution >= 0.6 is 0 Å². The van der Waals surface area contributed by atoms with E-state index in [0.717, 1.165) is 11.1 Å². The minimum atomic E-state index is -0.955. The summed E-state index contributed by atoms with van der Waals surface area (Å²) in [7, 11) is 0. The maximum Gasteiger partial charge on any atom is 0.0492 e. The third-order valence-electron chi connectivity index (χ3n) is 2.14. The molecule has 0 saturated carbocycles. The van der Waals surface area contributed by atoms with Crippen molar-refractivity contribution in [2.75, 3.05) is 0 Å². The average Bonchev–Trinajstić information content (AvgIpc) is 1.90. The molecule has 0 saturated heterocycles. The molecule has 1 aromatic rings. The first-order chi connectivity index (χ1) is 5.29. The predicted molar refractivity (Wildman–Crippen MR) is 37.9 cm³/mol. The third-order valence-corrected chi connectivity index (χ3v) is 2.14. The Bertz CT molecular complexity index is 304. The minimum absolute atomic E-state index is 0.355. The van der Waals surface area contributed by atoms with E-state index in [-0.39, 0.29) is 5.92 Å². The highest BCUT2D eigenvalue weighted by Gasteiger charge is 2.25. The monoisotopic (exact) mass is 147 g/mol. The SMILES string of the molecule is O=C([O-])C1Cc2ccccc21. The molecule has 0 aromatic heterocycles. The van der Waals surface area contributed by atoms with E-state index in [0.29, 0.717) is 6.42 Å². The third kappa shape index (κ3) is 0.827. The van der Waals surface area contributed by atoms with Crippen LogP contribution in [0.15, 0.2) is 24.3 Å². The van der Waals surface area contributed by atoms with Crippen LogP contribution in [-0.2, 0) is 11.2 Å². The van der Waals surface area contributed by atoms with Crippen LogP contribution < -0.4 is 5.11 Å². The fourth-order valence-electron chi connectivity index (χ4n) is 1.47. The summed E-state index contributed by atoms with van der Waals surface area (Å²) < 4.78 is 0. The number of rotatable bonds is 1. The summed E-state index contributed by atoms with van der Waals surface area (Å²) >= 11 is 0. The van der Waals surface area contributed by atoms with E-state index in [1.54, 1.807) is 0 Å². The van der Waals surface area contributed by atoms with Crippen molar-refractivity contribution in [3.63, 3.8) is 0 Å². The lowest BCUT2D eigenvalue weighted by Crippen LogP contribution is -2.36. The second-order valence-corrected chi connectivity index (χ2v) is 2.77. The molecule has 56 valence electrons. The molecule has 11 heavy (non-hydrogen) atoms. The number of carbonyl (C=O) groups excluding carboxylic acids is 1. The number of carboxylic acid groups (broad SMARTS) is 1. The van der Waals surface area contributed by atoms with Crippen molar-refractivity contribution in [1.29, 1.82) is 0 Å². The maximum atomic E-state index is 10.4. The van der Waals surface area contributed by atoms with Gasteiger partial charge in [0.1, 0.15) is 0 Å². The Labute approximate surface area is 64.5 Å². The summed E-state index contributed by atoms with van der Waals surface area (Å²) in [6.45, 7) is 0. The van der Waals surface area contributed by atoms with Crippen molar-refractivity contribution in [3.05, 3.63) is 35.4 Å². The molecular weight excluding hydrogens is 140 g/mol. The minimum Gasteiger partial charge on any atom is -0.549 e. The van der Waals surface area contributed by atoms with E-state index >= 15 is 0 Å². The molecule has 1 aromatic carbocycles. The molecule has 0 bridgehead atoms. The van der Waals surface area contributed by atoms with Gasteiger partial charge in [0.15, 0.2) is 0 Å². The van der Waals surface area contributed by atoms with Crippen LogP contribution in [0.2, 0.25) is 0 Å². The molecule has 0 spiro atoms. The van der Waals surface area contributed by atoms with Crippen LogP contribution in [0.3, 0.4) is 0 Å². The van der Waals surface area contributed by atoms with Gasteiger partial charge < -0.3 is 9.90 Å². The Balaban J connectivity index is 2.36. The molecule has 1 aliphatic carbocycles. The van der Waals surface area contributed by atoms with Crippen molar-refractivity contribution in [3.8, 4) is 0 Å². The summed E-state index contributed by atoms with van der Waals surface area (Å²) in [6.07, 6.45) is 0.637. The largest absolute Gasteiger partial charge is 0.549 e. The number of hydrogen-bond donors (Lipinski definition) is 0. The summed E-state index contributed by atoms with van der Waals surface area (Å²) in [5, 5.41) is 10.4. The van der Waals surface area contributed by atoms with Crippen molar-refractivity contribution in [1.82, 2.24) is 0 Å². The Morgan fingerprint density at radius 1 is 1.45 bits per heavy atom. The average molecular weight is 147 g/mol. The topological polar surface area (TPSA) is 40.1 Å². The molecule has 0 heterocycles. The van der Waals surface area contributed by atoms with E-state index in [1.165, 1.54) is 0 Å². The zero-order valence-electron chi connectivity index (χ0n) is 5.91. The predicted octanol–water partition coefficient (Wildman–Crippen LogP) is 0.0762. The number of carbonyl (C=O) groups is 1. The molecule has 2 rings (SSSR count). The van der Waals surface area contributed by atoms with Gasteiger partial charge in [0.2, 0.25) is 0 Å². The second-order valence-electron chi connectivity index (χ2n) is 2.77. The summed E-state index contributed by atoms with van der Waals surface area (Å²) in [6, 6.07) is 7.58. The summed E-state index contributed by atoms with van der Waals surface area (Å²) in [4.78, 5) is 10.4. The number of hydrogen-bond acceptors (Lipinski definition) is 2. The zero-order valence-corrected chi connectivity index (χ0v) is 5.91. The highest BCUT2D eigenvalue weighted by Crippen LogP contribution is 2.33. The van der Waals surface area contributed by atoms with Crippen LogP contribution in [-0.4, -0.2) is 5.97 Å². The van der Waals surface area contributed by atoms with Crippen LogP contribution in [0, 0.1) is 0 Å². The van der Waals surface area contributed by atoms with Crippen molar-refractivity contribution < 1.29 is 9.90 Å². The Hall–Kier alpha value is -1.31. The van der Waals surface area contributed by atoms with Gasteiger partial charge in [0.25, 0.3) is 0 Å². The number of benzene rings is 1. The van der Waals surface area contributed by atoms with E-state index < -0.39 is 5.97 Å². The van der Waals surface area contributed by atoms with E-state index in [2.05, 4.69) is 0 Å². The quantitative estimate of drug-likeness (QED) is 0.564. The van der Waals surface area contributed by atoms with Crippen LogP contribution in [0.25, 0.3) is 0 Å². The number of aliphatic carboxylic acids is 1. The van der Waals surface area contributed by atoms with Crippen LogP contribution in [0.4, 0.5) is 0 Å². The van der Waals surface area contributed by atoms with Gasteiger partial charge in [-0.3, -0.25) is 0 Å². The fraction of sp³-hybridized carbons (Fsp3) is 0.222.